The van der Waals surface area contributed by atoms with Gasteiger partial charge in [0.1, 0.15) is 5.78 Å². The van der Waals surface area contributed by atoms with Crippen molar-refractivity contribution in [2.24, 2.45) is 5.92 Å². The number of ketones is 1. The van der Waals surface area contributed by atoms with Crippen LogP contribution in [0.25, 0.3) is 0 Å². The zero-order valence-electron chi connectivity index (χ0n) is 9.00. The van der Waals surface area contributed by atoms with E-state index in [2.05, 4.69) is 19.1 Å². The van der Waals surface area contributed by atoms with E-state index >= 15 is 0 Å². The molecule has 14 heavy (non-hydrogen) atoms. The Morgan fingerprint density at radius 2 is 2.36 bits per heavy atom. The molecule has 0 aromatic heterocycles. The highest BCUT2D eigenvalue weighted by Gasteiger charge is 2.17. The Morgan fingerprint density at radius 3 is 3.00 bits per heavy atom. The number of Topliss-reactive ketones (excluding diaryl/α,β-unsaturated/α-hetero) is 1. The van der Waals surface area contributed by atoms with Crippen LogP contribution in [-0.2, 0) is 4.79 Å². The van der Waals surface area contributed by atoms with E-state index < -0.39 is 0 Å². The summed E-state index contributed by atoms with van der Waals surface area (Å²) in [7, 11) is 0. The molecule has 0 saturated heterocycles. The number of allylic oxidation sites excluding steroid dienone is 2. The highest BCUT2D eigenvalue weighted by atomic mass is 32.2. The van der Waals surface area contributed by atoms with Gasteiger partial charge in [-0.3, -0.25) is 4.79 Å². The number of unbranched alkanes of at least 4 members (excludes halogenated alkanes) is 1. The van der Waals surface area contributed by atoms with E-state index in [1.54, 1.807) is 11.8 Å². The number of carbonyl (C=O) groups is 1. The molecule has 1 atom stereocenters. The molecule has 0 radical (unpaired) electrons. The molecule has 80 valence electrons. The molecule has 1 aliphatic rings. The van der Waals surface area contributed by atoms with Crippen molar-refractivity contribution in [3.63, 3.8) is 0 Å². The van der Waals surface area contributed by atoms with E-state index in [4.69, 9.17) is 0 Å². The van der Waals surface area contributed by atoms with Gasteiger partial charge < -0.3 is 0 Å². The van der Waals surface area contributed by atoms with Gasteiger partial charge in [0.05, 0.1) is 5.75 Å². The summed E-state index contributed by atoms with van der Waals surface area (Å²) < 4.78 is 0. The minimum atomic E-state index is 0.328. The smallest absolute Gasteiger partial charge is 0.146 e. The van der Waals surface area contributed by atoms with Gasteiger partial charge in [0.15, 0.2) is 0 Å². The molecule has 1 aliphatic carbocycles. The second kappa shape index (κ2) is 7.10. The van der Waals surface area contributed by atoms with Crippen LogP contribution in [0, 0.1) is 5.92 Å². The van der Waals surface area contributed by atoms with E-state index in [1.807, 2.05) is 0 Å². The molecule has 0 aromatic carbocycles. The van der Waals surface area contributed by atoms with E-state index in [0.717, 1.165) is 30.8 Å². The van der Waals surface area contributed by atoms with Crippen molar-refractivity contribution in [1.29, 1.82) is 0 Å². The maximum Gasteiger partial charge on any atom is 0.146 e. The van der Waals surface area contributed by atoms with Gasteiger partial charge in [-0.15, -0.1) is 0 Å². The fourth-order valence-corrected chi connectivity index (χ4v) is 2.70. The molecule has 0 heterocycles. The average Bonchev–Trinajstić information content (AvgIpc) is 2.25. The van der Waals surface area contributed by atoms with Gasteiger partial charge in [0.25, 0.3) is 0 Å². The molecule has 0 amide bonds. The Bertz CT molecular complexity index is 198. The Labute approximate surface area is 91.3 Å². The molecule has 0 spiro atoms. The van der Waals surface area contributed by atoms with Crippen molar-refractivity contribution >= 4 is 17.5 Å². The third-order valence-electron chi connectivity index (χ3n) is 2.61. The molecule has 0 aromatic rings. The predicted octanol–water partition coefficient (Wildman–Crippen LogP) is 3.45. The first-order valence-electron chi connectivity index (χ1n) is 5.60. The summed E-state index contributed by atoms with van der Waals surface area (Å²) >= 11 is 1.81. The standard InChI is InChI=1S/C12H20OS/c1-2-3-9-14-10-12(13)11-7-5-4-6-8-11/h4-5,11H,2-3,6-10H2,1H3. The van der Waals surface area contributed by atoms with Gasteiger partial charge >= 0.3 is 0 Å². The van der Waals surface area contributed by atoms with Crippen LogP contribution in [0.15, 0.2) is 12.2 Å². The normalized spacial score (nSPS) is 21.1. The van der Waals surface area contributed by atoms with E-state index in [0.29, 0.717) is 11.7 Å². The number of hydrogen-bond donors (Lipinski definition) is 0. The van der Waals surface area contributed by atoms with Gasteiger partial charge in [-0.2, -0.15) is 11.8 Å². The minimum Gasteiger partial charge on any atom is -0.298 e. The van der Waals surface area contributed by atoms with Crippen LogP contribution < -0.4 is 0 Å². The Hall–Kier alpha value is -0.240. The van der Waals surface area contributed by atoms with E-state index in [-0.39, 0.29) is 0 Å². The van der Waals surface area contributed by atoms with Crippen LogP contribution in [0.5, 0.6) is 0 Å². The third-order valence-corrected chi connectivity index (χ3v) is 3.68. The molecule has 1 unspecified atom stereocenters. The highest BCUT2D eigenvalue weighted by Crippen LogP contribution is 2.20. The SMILES string of the molecule is CCCCSCC(=O)C1CC=CCC1. The molecule has 0 fully saturated rings. The lowest BCUT2D eigenvalue weighted by atomic mass is 9.91. The fourth-order valence-electron chi connectivity index (χ4n) is 1.62. The van der Waals surface area contributed by atoms with Gasteiger partial charge in [0, 0.05) is 5.92 Å². The van der Waals surface area contributed by atoms with E-state index in [1.165, 1.54) is 12.8 Å². The second-order valence-electron chi connectivity index (χ2n) is 3.85. The summed E-state index contributed by atoms with van der Waals surface area (Å²) in [5, 5.41) is 0. The fraction of sp³-hybridized carbons (Fsp3) is 0.750. The minimum absolute atomic E-state index is 0.328. The summed E-state index contributed by atoms with van der Waals surface area (Å²) in [5.74, 6) is 2.67. The van der Waals surface area contributed by atoms with Crippen molar-refractivity contribution in [3.05, 3.63) is 12.2 Å². The van der Waals surface area contributed by atoms with Crippen LogP contribution in [0.3, 0.4) is 0 Å². The van der Waals surface area contributed by atoms with Crippen LogP contribution in [0.4, 0.5) is 0 Å². The first-order valence-corrected chi connectivity index (χ1v) is 6.75. The molecule has 1 nitrogen and oxygen atoms in total. The summed E-state index contributed by atoms with van der Waals surface area (Å²) in [4.78, 5) is 11.7. The number of rotatable bonds is 6. The second-order valence-corrected chi connectivity index (χ2v) is 4.96. The quantitative estimate of drug-likeness (QED) is 0.495. The Kier molecular flexibility index (Phi) is 6.00. The summed E-state index contributed by atoms with van der Waals surface area (Å²) in [6, 6.07) is 0. The lowest BCUT2D eigenvalue weighted by Gasteiger charge is -2.15. The first kappa shape index (κ1) is 11.8. The van der Waals surface area contributed by atoms with Gasteiger partial charge in [0.2, 0.25) is 0 Å². The lowest BCUT2D eigenvalue weighted by Crippen LogP contribution is -2.17. The molecule has 1 rings (SSSR count). The lowest BCUT2D eigenvalue weighted by molar-refractivity contribution is -0.120. The average molecular weight is 212 g/mol. The first-order chi connectivity index (χ1) is 6.84. The molecule has 0 aliphatic heterocycles. The van der Waals surface area contributed by atoms with Crippen LogP contribution >= 0.6 is 11.8 Å². The zero-order valence-corrected chi connectivity index (χ0v) is 9.81. The van der Waals surface area contributed by atoms with Crippen LogP contribution in [0.1, 0.15) is 39.0 Å². The molecule has 0 bridgehead atoms. The summed E-state index contributed by atoms with van der Waals surface area (Å²) in [6.45, 7) is 2.19. The largest absolute Gasteiger partial charge is 0.298 e. The molecule has 2 heteroatoms. The maximum atomic E-state index is 11.7. The third kappa shape index (κ3) is 4.32. The van der Waals surface area contributed by atoms with Crippen LogP contribution in [0.2, 0.25) is 0 Å². The number of hydrogen-bond acceptors (Lipinski definition) is 2. The van der Waals surface area contributed by atoms with Gasteiger partial charge in [-0.1, -0.05) is 25.5 Å². The Morgan fingerprint density at radius 1 is 1.50 bits per heavy atom. The molecule has 0 N–H and O–H groups in total. The number of thioether (sulfide) groups is 1. The predicted molar refractivity (Wildman–Crippen MR) is 63.7 cm³/mol. The molecular formula is C12H20OS. The maximum absolute atomic E-state index is 11.7. The topological polar surface area (TPSA) is 17.1 Å². The number of carbonyl (C=O) groups excluding carboxylic acids is 1. The van der Waals surface area contributed by atoms with Crippen molar-refractivity contribution in [2.45, 2.75) is 39.0 Å². The van der Waals surface area contributed by atoms with Gasteiger partial charge in [-0.25, -0.2) is 0 Å². The zero-order chi connectivity index (χ0) is 10.2. The van der Waals surface area contributed by atoms with Crippen molar-refractivity contribution in [3.8, 4) is 0 Å². The highest BCUT2D eigenvalue weighted by molar-refractivity contribution is 7.99. The molecular weight excluding hydrogens is 192 g/mol. The molecule has 0 saturated carbocycles. The van der Waals surface area contributed by atoms with Crippen molar-refractivity contribution < 1.29 is 4.79 Å². The van der Waals surface area contributed by atoms with Gasteiger partial charge in [-0.05, 0) is 31.4 Å². The van der Waals surface area contributed by atoms with Crippen molar-refractivity contribution in [2.75, 3.05) is 11.5 Å². The van der Waals surface area contributed by atoms with E-state index in [9.17, 15) is 4.79 Å². The Balaban J connectivity index is 2.11. The monoisotopic (exact) mass is 212 g/mol. The summed E-state index contributed by atoms with van der Waals surface area (Å²) in [5.41, 5.74) is 0. The van der Waals surface area contributed by atoms with Crippen molar-refractivity contribution in [1.82, 2.24) is 0 Å². The summed E-state index contributed by atoms with van der Waals surface area (Å²) in [6.07, 6.45) is 9.96. The van der Waals surface area contributed by atoms with Crippen LogP contribution in [-0.4, -0.2) is 17.3 Å².